The molecule has 2 amide bonds. The highest BCUT2D eigenvalue weighted by atomic mass is 32.2. The van der Waals surface area contributed by atoms with Crippen LogP contribution < -0.4 is 0 Å². The number of thiazole rings is 1. The minimum absolute atomic E-state index is 0.0661. The lowest BCUT2D eigenvalue weighted by Crippen LogP contribution is -2.38. The first-order chi connectivity index (χ1) is 15.1. The van der Waals surface area contributed by atoms with Crippen molar-refractivity contribution in [3.8, 4) is 0 Å². The fraction of sp³-hybridized carbons (Fsp3) is 0.391. The van der Waals surface area contributed by atoms with Crippen LogP contribution >= 0.6 is 23.1 Å². The molecule has 2 saturated heterocycles. The number of fused-ring (bicyclic) bond motifs is 1. The molecule has 0 bridgehead atoms. The van der Waals surface area contributed by atoms with Gasteiger partial charge < -0.3 is 9.80 Å². The second kappa shape index (κ2) is 8.59. The fourth-order valence-electron chi connectivity index (χ4n) is 4.34. The third-order valence-electron chi connectivity index (χ3n) is 6.08. The maximum Gasteiger partial charge on any atom is 0.256 e. The van der Waals surface area contributed by atoms with Crippen LogP contribution in [0.1, 0.15) is 50.9 Å². The molecule has 31 heavy (non-hydrogen) atoms. The molecule has 0 unspecified atom stereocenters. The Morgan fingerprint density at radius 1 is 1.03 bits per heavy atom. The van der Waals surface area contributed by atoms with Gasteiger partial charge in [-0.3, -0.25) is 14.6 Å². The number of nitrogens with zero attached hydrogens (tertiary/aromatic N) is 4. The van der Waals surface area contributed by atoms with Crippen molar-refractivity contribution in [1.29, 1.82) is 0 Å². The van der Waals surface area contributed by atoms with E-state index >= 15 is 0 Å². The minimum Gasteiger partial charge on any atom is -0.339 e. The second-order valence-corrected chi connectivity index (χ2v) is 10.1. The van der Waals surface area contributed by atoms with Crippen molar-refractivity contribution in [1.82, 2.24) is 19.8 Å². The summed E-state index contributed by atoms with van der Waals surface area (Å²) in [5.74, 6) is 2.10. The number of hydrogen-bond acceptors (Lipinski definition) is 6. The average Bonchev–Trinajstić information content (AvgIpc) is 3.50. The Kier molecular flexibility index (Phi) is 5.67. The molecule has 0 saturated carbocycles. The van der Waals surface area contributed by atoms with Gasteiger partial charge in [-0.1, -0.05) is 0 Å². The van der Waals surface area contributed by atoms with Crippen LogP contribution in [0.5, 0.6) is 0 Å². The Hall–Kier alpha value is -2.45. The van der Waals surface area contributed by atoms with E-state index in [0.717, 1.165) is 58.2 Å². The van der Waals surface area contributed by atoms with E-state index < -0.39 is 0 Å². The molecule has 0 N–H and O–H groups in total. The van der Waals surface area contributed by atoms with Crippen LogP contribution in [-0.4, -0.2) is 62.8 Å². The van der Waals surface area contributed by atoms with Crippen LogP contribution in [0.25, 0.3) is 10.2 Å². The van der Waals surface area contributed by atoms with E-state index in [1.54, 1.807) is 28.6 Å². The Balaban J connectivity index is 1.31. The summed E-state index contributed by atoms with van der Waals surface area (Å²) in [5, 5.41) is 0. The molecular weight excluding hydrogens is 428 g/mol. The van der Waals surface area contributed by atoms with Gasteiger partial charge >= 0.3 is 0 Å². The van der Waals surface area contributed by atoms with Crippen molar-refractivity contribution < 1.29 is 9.59 Å². The number of thioether (sulfide) groups is 1. The summed E-state index contributed by atoms with van der Waals surface area (Å²) >= 11 is 3.34. The molecule has 0 atom stereocenters. The van der Waals surface area contributed by atoms with Gasteiger partial charge in [-0.05, 0) is 50.1 Å². The van der Waals surface area contributed by atoms with Crippen LogP contribution in [0.2, 0.25) is 0 Å². The zero-order valence-electron chi connectivity index (χ0n) is 17.4. The summed E-state index contributed by atoms with van der Waals surface area (Å²) in [4.78, 5) is 39.0. The molecule has 3 aromatic rings. The number of benzene rings is 1. The first-order valence-electron chi connectivity index (χ1n) is 10.6. The van der Waals surface area contributed by atoms with E-state index in [4.69, 9.17) is 4.98 Å². The number of amides is 2. The minimum atomic E-state index is 0.0661. The number of carbonyl (C=O) groups excluding carboxylic acids is 2. The largest absolute Gasteiger partial charge is 0.339 e. The number of aromatic nitrogens is 2. The first-order valence-corrected chi connectivity index (χ1v) is 12.6. The predicted molar refractivity (Wildman–Crippen MR) is 125 cm³/mol. The Bertz CT molecular complexity index is 1130. The van der Waals surface area contributed by atoms with Crippen LogP contribution in [-0.2, 0) is 0 Å². The van der Waals surface area contributed by atoms with Crippen LogP contribution in [0.4, 0.5) is 0 Å². The molecule has 0 radical (unpaired) electrons. The van der Waals surface area contributed by atoms with Crippen molar-refractivity contribution in [2.45, 2.75) is 25.7 Å². The smallest absolute Gasteiger partial charge is 0.256 e. The van der Waals surface area contributed by atoms with Gasteiger partial charge in [0.1, 0.15) is 0 Å². The number of piperidine rings is 1. The number of likely N-dealkylation sites (tertiary alicyclic amines) is 1. The molecule has 1 aromatic carbocycles. The zero-order chi connectivity index (χ0) is 21.4. The van der Waals surface area contributed by atoms with Crippen LogP contribution in [0.15, 0.2) is 35.8 Å². The molecule has 2 fully saturated rings. The maximum absolute atomic E-state index is 13.1. The normalized spacial score (nSPS) is 17.5. The third-order valence-corrected chi connectivity index (χ3v) is 7.84. The number of rotatable bonds is 3. The topological polar surface area (TPSA) is 66.4 Å². The molecule has 6 nitrogen and oxygen atoms in total. The Labute approximate surface area is 189 Å². The van der Waals surface area contributed by atoms with Crippen LogP contribution in [0.3, 0.4) is 0 Å². The van der Waals surface area contributed by atoms with E-state index in [2.05, 4.69) is 4.98 Å². The predicted octanol–water partition coefficient (Wildman–Crippen LogP) is 4.17. The van der Waals surface area contributed by atoms with Crippen molar-refractivity contribution >= 4 is 45.1 Å². The highest BCUT2D eigenvalue weighted by molar-refractivity contribution is 7.99. The molecule has 4 heterocycles. The molecule has 8 heteroatoms. The average molecular weight is 453 g/mol. The second-order valence-electron chi connectivity index (χ2n) is 8.09. The van der Waals surface area contributed by atoms with Crippen molar-refractivity contribution in [3.63, 3.8) is 0 Å². The van der Waals surface area contributed by atoms with Gasteiger partial charge in [0.05, 0.1) is 32.9 Å². The molecular formula is C23H24N4O2S2. The first kappa shape index (κ1) is 20.5. The highest BCUT2D eigenvalue weighted by Crippen LogP contribution is 2.31. The Morgan fingerprint density at radius 3 is 2.65 bits per heavy atom. The quantitative estimate of drug-likeness (QED) is 0.597. The number of carbonyl (C=O) groups is 2. The number of aryl methyl sites for hydroxylation is 1. The lowest BCUT2D eigenvalue weighted by atomic mass is 9.89. The summed E-state index contributed by atoms with van der Waals surface area (Å²) in [5.41, 5.74) is 6.01. The van der Waals surface area contributed by atoms with Gasteiger partial charge in [0.15, 0.2) is 0 Å². The molecule has 5 rings (SSSR count). The van der Waals surface area contributed by atoms with Crippen molar-refractivity contribution in [2.24, 2.45) is 0 Å². The standard InChI is InChI=1S/C23H24N4O2S2/c1-15-2-4-18(23(29)27-10-11-30-14-27)21(25-15)16-6-8-26(9-7-16)22(28)17-3-5-19-20(12-17)31-13-24-19/h2-5,12-13,16H,6-11,14H2,1H3. The lowest BCUT2D eigenvalue weighted by molar-refractivity contribution is 0.0708. The van der Waals surface area contributed by atoms with E-state index in [1.165, 1.54) is 0 Å². The maximum atomic E-state index is 13.1. The van der Waals surface area contributed by atoms with Crippen LogP contribution in [0, 0.1) is 6.92 Å². The molecule has 160 valence electrons. The summed E-state index contributed by atoms with van der Waals surface area (Å²) in [7, 11) is 0. The van der Waals surface area contributed by atoms with Gasteiger partial charge in [-0.15, -0.1) is 23.1 Å². The summed E-state index contributed by atoms with van der Waals surface area (Å²) in [6.07, 6.45) is 1.64. The molecule has 0 aliphatic carbocycles. The molecule has 2 aliphatic rings. The molecule has 2 aliphatic heterocycles. The van der Waals surface area contributed by atoms with Gasteiger partial charge in [0.25, 0.3) is 11.8 Å². The highest BCUT2D eigenvalue weighted by Gasteiger charge is 2.30. The van der Waals surface area contributed by atoms with E-state index in [9.17, 15) is 9.59 Å². The zero-order valence-corrected chi connectivity index (χ0v) is 19.0. The number of pyridine rings is 1. The van der Waals surface area contributed by atoms with Gasteiger partial charge in [0.2, 0.25) is 0 Å². The summed E-state index contributed by atoms with van der Waals surface area (Å²) in [6, 6.07) is 9.58. The summed E-state index contributed by atoms with van der Waals surface area (Å²) < 4.78 is 1.04. The number of hydrogen-bond donors (Lipinski definition) is 0. The summed E-state index contributed by atoms with van der Waals surface area (Å²) in [6.45, 7) is 4.12. The fourth-order valence-corrected chi connectivity index (χ4v) is 6.00. The van der Waals surface area contributed by atoms with Gasteiger partial charge in [0, 0.05) is 42.6 Å². The SMILES string of the molecule is Cc1ccc(C(=O)N2CCSC2)c(C2CCN(C(=O)c3ccc4ncsc4c3)CC2)n1. The van der Waals surface area contributed by atoms with E-state index in [1.807, 2.05) is 47.1 Å². The van der Waals surface area contributed by atoms with E-state index in [-0.39, 0.29) is 17.7 Å². The lowest BCUT2D eigenvalue weighted by Gasteiger charge is -2.33. The molecule has 2 aromatic heterocycles. The monoisotopic (exact) mass is 452 g/mol. The van der Waals surface area contributed by atoms with Gasteiger partial charge in [-0.2, -0.15) is 0 Å². The molecule has 0 spiro atoms. The third kappa shape index (κ3) is 4.06. The Morgan fingerprint density at radius 2 is 1.87 bits per heavy atom. The van der Waals surface area contributed by atoms with Crippen molar-refractivity contribution in [2.75, 3.05) is 31.3 Å². The van der Waals surface area contributed by atoms with Crippen molar-refractivity contribution in [3.05, 3.63) is 58.4 Å². The van der Waals surface area contributed by atoms with E-state index in [0.29, 0.717) is 18.7 Å². The van der Waals surface area contributed by atoms with Gasteiger partial charge in [-0.25, -0.2) is 4.98 Å².